The number of hydrogen-bond acceptors (Lipinski definition) is 2. The number of nitrogens with one attached hydrogen (secondary N) is 1. The van der Waals surface area contributed by atoms with Gasteiger partial charge in [0.15, 0.2) is 0 Å². The van der Waals surface area contributed by atoms with Gasteiger partial charge in [-0.2, -0.15) is 0 Å². The topological polar surface area (TPSA) is 42.2 Å². The van der Waals surface area contributed by atoms with E-state index in [1.165, 1.54) is 6.07 Å². The van der Waals surface area contributed by atoms with Gasteiger partial charge in [0.25, 0.3) is 0 Å². The number of anilines is 1. The van der Waals surface area contributed by atoms with E-state index in [2.05, 4.69) is 21.2 Å². The van der Waals surface area contributed by atoms with Gasteiger partial charge in [0.2, 0.25) is 5.91 Å². The Morgan fingerprint density at radius 2 is 2.26 bits per heavy atom. The molecule has 1 N–H and O–H groups in total. The van der Waals surface area contributed by atoms with Gasteiger partial charge in [0.05, 0.1) is 10.7 Å². The molecule has 2 aromatic rings. The second-order valence-electron chi connectivity index (χ2n) is 4.21. The van der Waals surface area contributed by atoms with Crippen LogP contribution < -0.4 is 5.32 Å². The minimum absolute atomic E-state index is 0.166. The number of benzene rings is 1. The zero-order valence-electron chi connectivity index (χ0n) is 10.4. The molecule has 1 aromatic carbocycles. The summed E-state index contributed by atoms with van der Waals surface area (Å²) in [4.78, 5) is 11.8. The van der Waals surface area contributed by atoms with E-state index >= 15 is 0 Å². The van der Waals surface area contributed by atoms with Crippen LogP contribution in [-0.2, 0) is 11.2 Å². The number of rotatable bonds is 4. The molecular weight excluding hydrogens is 313 g/mol. The van der Waals surface area contributed by atoms with E-state index in [0.29, 0.717) is 23.0 Å². The Hall–Kier alpha value is -1.62. The number of aryl methyl sites for hydroxylation is 2. The maximum Gasteiger partial charge on any atom is 0.224 e. The van der Waals surface area contributed by atoms with Crippen molar-refractivity contribution in [2.45, 2.75) is 19.8 Å². The lowest BCUT2D eigenvalue weighted by atomic mass is 10.2. The van der Waals surface area contributed by atoms with Gasteiger partial charge < -0.3 is 9.73 Å². The minimum Gasteiger partial charge on any atom is -0.469 e. The van der Waals surface area contributed by atoms with E-state index in [4.69, 9.17) is 4.42 Å². The molecule has 19 heavy (non-hydrogen) atoms. The van der Waals surface area contributed by atoms with Crippen LogP contribution in [0.2, 0.25) is 0 Å². The number of hydrogen-bond donors (Lipinski definition) is 1. The summed E-state index contributed by atoms with van der Waals surface area (Å²) in [5, 5.41) is 2.70. The first-order valence-corrected chi connectivity index (χ1v) is 6.63. The van der Waals surface area contributed by atoms with Crippen molar-refractivity contribution >= 4 is 27.5 Å². The van der Waals surface area contributed by atoms with E-state index < -0.39 is 5.82 Å². The summed E-state index contributed by atoms with van der Waals surface area (Å²) >= 11 is 3.10. The molecule has 0 atom stereocenters. The van der Waals surface area contributed by atoms with Crippen molar-refractivity contribution in [3.8, 4) is 0 Å². The number of carbonyl (C=O) groups is 1. The van der Waals surface area contributed by atoms with Crippen LogP contribution in [0.1, 0.15) is 17.7 Å². The van der Waals surface area contributed by atoms with Crippen LogP contribution in [0.15, 0.2) is 39.4 Å². The average Bonchev–Trinajstić information content (AvgIpc) is 2.86. The molecule has 1 heterocycles. The van der Waals surface area contributed by atoms with Crippen molar-refractivity contribution in [2.24, 2.45) is 0 Å². The number of furan rings is 1. The summed E-state index contributed by atoms with van der Waals surface area (Å²) < 4.78 is 18.9. The molecule has 0 spiro atoms. The molecule has 0 bridgehead atoms. The third-order valence-corrected chi connectivity index (χ3v) is 3.33. The predicted molar refractivity (Wildman–Crippen MR) is 74.5 cm³/mol. The van der Waals surface area contributed by atoms with Crippen LogP contribution in [0.4, 0.5) is 10.1 Å². The summed E-state index contributed by atoms with van der Waals surface area (Å²) in [5.74, 6) is 0.196. The molecule has 0 aliphatic heterocycles. The molecule has 100 valence electrons. The zero-order valence-corrected chi connectivity index (χ0v) is 12.0. The first kappa shape index (κ1) is 13.8. The smallest absolute Gasteiger partial charge is 0.224 e. The third kappa shape index (κ3) is 3.67. The lowest BCUT2D eigenvalue weighted by Crippen LogP contribution is -2.13. The molecule has 0 fully saturated rings. The SMILES string of the molecule is Cc1cc(Br)c(F)cc1NC(=O)CCc1ccco1. The Morgan fingerprint density at radius 1 is 1.47 bits per heavy atom. The highest BCUT2D eigenvalue weighted by Gasteiger charge is 2.09. The molecule has 0 unspecified atom stereocenters. The van der Waals surface area contributed by atoms with Crippen molar-refractivity contribution in [3.05, 3.63) is 52.1 Å². The maximum absolute atomic E-state index is 13.4. The molecule has 0 saturated carbocycles. The van der Waals surface area contributed by atoms with E-state index in [1.807, 2.05) is 13.0 Å². The lowest BCUT2D eigenvalue weighted by Gasteiger charge is -2.09. The third-order valence-electron chi connectivity index (χ3n) is 2.72. The van der Waals surface area contributed by atoms with Gasteiger partial charge in [0, 0.05) is 18.5 Å². The molecule has 3 nitrogen and oxygen atoms in total. The van der Waals surface area contributed by atoms with Gasteiger partial charge >= 0.3 is 0 Å². The molecule has 1 aromatic heterocycles. The molecule has 0 aliphatic carbocycles. The Kier molecular flexibility index (Phi) is 4.37. The van der Waals surface area contributed by atoms with Crippen molar-refractivity contribution < 1.29 is 13.6 Å². The van der Waals surface area contributed by atoms with E-state index in [1.54, 1.807) is 18.4 Å². The van der Waals surface area contributed by atoms with Gasteiger partial charge in [-0.1, -0.05) is 0 Å². The highest BCUT2D eigenvalue weighted by atomic mass is 79.9. The largest absolute Gasteiger partial charge is 0.469 e. The van der Waals surface area contributed by atoms with Crippen LogP contribution >= 0.6 is 15.9 Å². The summed E-state index contributed by atoms with van der Waals surface area (Å²) in [6, 6.07) is 6.54. The molecule has 0 saturated heterocycles. The standard InChI is InChI=1S/C14H13BrFNO2/c1-9-7-11(15)12(16)8-13(9)17-14(18)5-4-10-3-2-6-19-10/h2-3,6-8H,4-5H2,1H3,(H,17,18). The van der Waals surface area contributed by atoms with Crippen molar-refractivity contribution in [3.63, 3.8) is 0 Å². The Labute approximate surface area is 118 Å². The van der Waals surface area contributed by atoms with E-state index in [0.717, 1.165) is 11.3 Å². The average molecular weight is 326 g/mol. The lowest BCUT2D eigenvalue weighted by molar-refractivity contribution is -0.116. The van der Waals surface area contributed by atoms with Gasteiger partial charge in [-0.25, -0.2) is 4.39 Å². The van der Waals surface area contributed by atoms with Crippen LogP contribution in [0.25, 0.3) is 0 Å². The number of amides is 1. The second-order valence-corrected chi connectivity index (χ2v) is 5.06. The summed E-state index contributed by atoms with van der Waals surface area (Å²) in [5.41, 5.74) is 1.30. The minimum atomic E-state index is -0.396. The van der Waals surface area contributed by atoms with Gasteiger partial charge in [-0.3, -0.25) is 4.79 Å². The number of halogens is 2. The number of carbonyl (C=O) groups excluding carboxylic acids is 1. The highest BCUT2D eigenvalue weighted by molar-refractivity contribution is 9.10. The molecule has 2 rings (SSSR count). The van der Waals surface area contributed by atoms with Crippen LogP contribution in [0.3, 0.4) is 0 Å². The van der Waals surface area contributed by atoms with Crippen LogP contribution in [0, 0.1) is 12.7 Å². The van der Waals surface area contributed by atoms with Crippen molar-refractivity contribution in [2.75, 3.05) is 5.32 Å². The van der Waals surface area contributed by atoms with Crippen molar-refractivity contribution in [1.82, 2.24) is 0 Å². The highest BCUT2D eigenvalue weighted by Crippen LogP contribution is 2.24. The maximum atomic E-state index is 13.4. The summed E-state index contributed by atoms with van der Waals surface area (Å²) in [6.07, 6.45) is 2.39. The van der Waals surface area contributed by atoms with Crippen molar-refractivity contribution in [1.29, 1.82) is 0 Å². The van der Waals surface area contributed by atoms with Gasteiger partial charge in [-0.15, -0.1) is 0 Å². The fraction of sp³-hybridized carbons (Fsp3) is 0.214. The second kappa shape index (κ2) is 6.02. The summed E-state index contributed by atoms with van der Waals surface area (Å²) in [7, 11) is 0. The normalized spacial score (nSPS) is 10.5. The van der Waals surface area contributed by atoms with E-state index in [9.17, 15) is 9.18 Å². The fourth-order valence-corrected chi connectivity index (χ4v) is 2.14. The Balaban J connectivity index is 1.97. The Morgan fingerprint density at radius 3 is 2.95 bits per heavy atom. The first-order valence-electron chi connectivity index (χ1n) is 5.84. The zero-order chi connectivity index (χ0) is 13.8. The first-order chi connectivity index (χ1) is 9.06. The monoisotopic (exact) mass is 325 g/mol. The molecule has 0 aliphatic rings. The van der Waals surface area contributed by atoms with Gasteiger partial charge in [-0.05, 0) is 52.7 Å². The molecule has 0 radical (unpaired) electrons. The molecular formula is C14H13BrFNO2. The van der Waals surface area contributed by atoms with Crippen LogP contribution in [-0.4, -0.2) is 5.91 Å². The molecule has 5 heteroatoms. The summed E-state index contributed by atoms with van der Waals surface area (Å²) in [6.45, 7) is 1.81. The quantitative estimate of drug-likeness (QED) is 0.921. The molecule has 1 amide bonds. The van der Waals surface area contributed by atoms with Gasteiger partial charge in [0.1, 0.15) is 11.6 Å². The Bertz CT molecular complexity index is 581. The van der Waals surface area contributed by atoms with E-state index in [-0.39, 0.29) is 5.91 Å². The predicted octanol–water partition coefficient (Wildman–Crippen LogP) is 4.06. The van der Waals surface area contributed by atoms with Crippen LogP contribution in [0.5, 0.6) is 0 Å². The fourth-order valence-electron chi connectivity index (χ4n) is 1.69.